The molecule has 20 heavy (non-hydrogen) atoms. The fourth-order valence-electron chi connectivity index (χ4n) is 2.21. The first kappa shape index (κ1) is 14.9. The molecule has 0 saturated carbocycles. The Balaban J connectivity index is 2.31. The maximum Gasteiger partial charge on any atom is 0.145 e. The lowest BCUT2D eigenvalue weighted by molar-refractivity contribution is 0.525. The summed E-state index contributed by atoms with van der Waals surface area (Å²) in [6, 6.07) is 8.96. The molecule has 1 atom stereocenters. The summed E-state index contributed by atoms with van der Waals surface area (Å²) in [4.78, 5) is 0. The fraction of sp³-hybridized carbons (Fsp3) is 0.200. The van der Waals surface area contributed by atoms with Crippen LogP contribution in [-0.4, -0.2) is 0 Å². The standard InChI is InChI=1S/C15H15ClF2N2/c1-9-7-11(17)5-6-12(9)14(20-19)8-10-3-2-4-13(16)15(10)18/h2-7,14,20H,8,19H2,1H3. The smallest absolute Gasteiger partial charge is 0.145 e. The molecule has 0 heterocycles. The molecule has 0 aliphatic carbocycles. The summed E-state index contributed by atoms with van der Waals surface area (Å²) in [5, 5.41) is 0.0779. The molecule has 1 unspecified atom stereocenters. The van der Waals surface area contributed by atoms with Gasteiger partial charge in [-0.05, 0) is 48.2 Å². The topological polar surface area (TPSA) is 38.0 Å². The minimum atomic E-state index is -0.450. The van der Waals surface area contributed by atoms with Crippen LogP contribution in [0.4, 0.5) is 8.78 Å². The third kappa shape index (κ3) is 3.15. The zero-order chi connectivity index (χ0) is 14.7. The Labute approximate surface area is 121 Å². The quantitative estimate of drug-likeness (QED) is 0.667. The fourth-order valence-corrected chi connectivity index (χ4v) is 2.41. The van der Waals surface area contributed by atoms with Gasteiger partial charge in [0.1, 0.15) is 11.6 Å². The van der Waals surface area contributed by atoms with Gasteiger partial charge in [0.15, 0.2) is 0 Å². The van der Waals surface area contributed by atoms with Gasteiger partial charge in [-0.3, -0.25) is 11.3 Å². The molecule has 2 rings (SSSR count). The Morgan fingerprint density at radius 3 is 2.65 bits per heavy atom. The van der Waals surface area contributed by atoms with Crippen molar-refractivity contribution < 1.29 is 8.78 Å². The molecule has 0 aliphatic rings. The van der Waals surface area contributed by atoms with E-state index in [0.29, 0.717) is 12.0 Å². The molecule has 5 heteroatoms. The van der Waals surface area contributed by atoms with E-state index in [2.05, 4.69) is 5.43 Å². The molecule has 0 amide bonds. The van der Waals surface area contributed by atoms with Crippen LogP contribution in [0.5, 0.6) is 0 Å². The molecule has 0 aliphatic heterocycles. The van der Waals surface area contributed by atoms with Gasteiger partial charge in [0.25, 0.3) is 0 Å². The largest absolute Gasteiger partial charge is 0.271 e. The molecule has 3 N–H and O–H groups in total. The van der Waals surface area contributed by atoms with Gasteiger partial charge in [0.05, 0.1) is 11.1 Å². The molecule has 106 valence electrons. The number of halogens is 3. The molecule has 2 nitrogen and oxygen atoms in total. The third-order valence-electron chi connectivity index (χ3n) is 3.26. The first-order chi connectivity index (χ1) is 9.52. The second-order valence-electron chi connectivity index (χ2n) is 4.64. The summed E-state index contributed by atoms with van der Waals surface area (Å²) >= 11 is 5.76. The lowest BCUT2D eigenvalue weighted by atomic mass is 9.95. The second-order valence-corrected chi connectivity index (χ2v) is 5.04. The van der Waals surface area contributed by atoms with Crippen LogP contribution in [0.1, 0.15) is 22.7 Å². The van der Waals surface area contributed by atoms with Crippen molar-refractivity contribution in [2.75, 3.05) is 0 Å². The van der Waals surface area contributed by atoms with E-state index in [1.807, 2.05) is 0 Å². The van der Waals surface area contributed by atoms with E-state index >= 15 is 0 Å². The van der Waals surface area contributed by atoms with Crippen molar-refractivity contribution in [2.24, 2.45) is 5.84 Å². The Kier molecular flexibility index (Phi) is 4.70. The lowest BCUT2D eigenvalue weighted by Crippen LogP contribution is -2.30. The van der Waals surface area contributed by atoms with Gasteiger partial charge in [-0.2, -0.15) is 0 Å². The molecule has 0 aromatic heterocycles. The number of nitrogens with one attached hydrogen (secondary N) is 1. The first-order valence-electron chi connectivity index (χ1n) is 6.18. The van der Waals surface area contributed by atoms with Gasteiger partial charge in [0.2, 0.25) is 0 Å². The summed E-state index contributed by atoms with van der Waals surface area (Å²) in [5.74, 6) is 4.79. The molecule has 2 aromatic carbocycles. The number of aryl methyl sites for hydroxylation is 1. The maximum absolute atomic E-state index is 13.9. The van der Waals surface area contributed by atoms with Crippen molar-refractivity contribution in [3.05, 3.63) is 69.7 Å². The minimum absolute atomic E-state index is 0.0779. The van der Waals surface area contributed by atoms with Crippen LogP contribution in [0.2, 0.25) is 5.02 Å². The Hall–Kier alpha value is -1.49. The van der Waals surface area contributed by atoms with Crippen LogP contribution in [0.25, 0.3) is 0 Å². The van der Waals surface area contributed by atoms with Gasteiger partial charge in [0, 0.05) is 0 Å². The summed E-state index contributed by atoms with van der Waals surface area (Å²) in [7, 11) is 0. The van der Waals surface area contributed by atoms with Crippen molar-refractivity contribution in [3.8, 4) is 0 Å². The van der Waals surface area contributed by atoms with Gasteiger partial charge in [-0.25, -0.2) is 8.78 Å². The van der Waals surface area contributed by atoms with E-state index < -0.39 is 5.82 Å². The van der Waals surface area contributed by atoms with Gasteiger partial charge >= 0.3 is 0 Å². The van der Waals surface area contributed by atoms with E-state index in [-0.39, 0.29) is 16.9 Å². The van der Waals surface area contributed by atoms with Crippen molar-refractivity contribution >= 4 is 11.6 Å². The van der Waals surface area contributed by atoms with Crippen molar-refractivity contribution in [1.82, 2.24) is 5.43 Å². The highest BCUT2D eigenvalue weighted by molar-refractivity contribution is 6.30. The van der Waals surface area contributed by atoms with Crippen molar-refractivity contribution in [2.45, 2.75) is 19.4 Å². The predicted octanol–water partition coefficient (Wildman–Crippen LogP) is 3.67. The minimum Gasteiger partial charge on any atom is -0.271 e. The van der Waals surface area contributed by atoms with Crippen LogP contribution in [0, 0.1) is 18.6 Å². The van der Waals surface area contributed by atoms with Crippen LogP contribution in [-0.2, 0) is 6.42 Å². The van der Waals surface area contributed by atoms with Gasteiger partial charge in [-0.1, -0.05) is 29.8 Å². The normalized spacial score (nSPS) is 12.4. The molecule has 0 saturated heterocycles. The van der Waals surface area contributed by atoms with Gasteiger partial charge < -0.3 is 0 Å². The van der Waals surface area contributed by atoms with E-state index in [9.17, 15) is 8.78 Å². The molecule has 0 fully saturated rings. The van der Waals surface area contributed by atoms with Crippen LogP contribution in [0.3, 0.4) is 0 Å². The number of benzene rings is 2. The molecule has 0 radical (unpaired) electrons. The highest BCUT2D eigenvalue weighted by Crippen LogP contribution is 2.25. The van der Waals surface area contributed by atoms with Gasteiger partial charge in [-0.15, -0.1) is 0 Å². The lowest BCUT2D eigenvalue weighted by Gasteiger charge is -2.19. The van der Waals surface area contributed by atoms with Crippen molar-refractivity contribution in [1.29, 1.82) is 0 Å². The Bertz CT molecular complexity index is 617. The Morgan fingerprint density at radius 2 is 2.00 bits per heavy atom. The van der Waals surface area contributed by atoms with E-state index in [4.69, 9.17) is 17.4 Å². The molecule has 2 aromatic rings. The zero-order valence-electron chi connectivity index (χ0n) is 11.0. The molecular weight excluding hydrogens is 282 g/mol. The summed E-state index contributed by atoms with van der Waals surface area (Å²) in [6.07, 6.45) is 0.329. The number of nitrogens with two attached hydrogens (primary N) is 1. The average molecular weight is 297 g/mol. The molecule has 0 bridgehead atoms. The number of hydrogen-bond donors (Lipinski definition) is 2. The first-order valence-corrected chi connectivity index (χ1v) is 6.55. The van der Waals surface area contributed by atoms with Crippen LogP contribution in [0.15, 0.2) is 36.4 Å². The molecular formula is C15H15ClF2N2. The predicted molar refractivity (Wildman–Crippen MR) is 76.3 cm³/mol. The highest BCUT2D eigenvalue weighted by Gasteiger charge is 2.16. The average Bonchev–Trinajstić information content (AvgIpc) is 2.41. The monoisotopic (exact) mass is 296 g/mol. The summed E-state index contributed by atoms with van der Waals surface area (Å²) in [6.45, 7) is 1.79. The van der Waals surface area contributed by atoms with Crippen molar-refractivity contribution in [3.63, 3.8) is 0 Å². The van der Waals surface area contributed by atoms with E-state index in [1.165, 1.54) is 18.2 Å². The number of hydrazine groups is 1. The highest BCUT2D eigenvalue weighted by atomic mass is 35.5. The number of hydrogen-bond acceptors (Lipinski definition) is 2. The van der Waals surface area contributed by atoms with E-state index in [0.717, 1.165) is 11.1 Å². The summed E-state index contributed by atoms with van der Waals surface area (Å²) < 4.78 is 27.0. The van der Waals surface area contributed by atoms with E-state index in [1.54, 1.807) is 25.1 Å². The Morgan fingerprint density at radius 1 is 1.25 bits per heavy atom. The SMILES string of the molecule is Cc1cc(F)ccc1C(Cc1cccc(Cl)c1F)NN. The van der Waals surface area contributed by atoms with Crippen LogP contribution >= 0.6 is 11.6 Å². The second kappa shape index (κ2) is 6.31. The third-order valence-corrected chi connectivity index (χ3v) is 3.56. The molecule has 0 spiro atoms. The maximum atomic E-state index is 13.9. The zero-order valence-corrected chi connectivity index (χ0v) is 11.7. The van der Waals surface area contributed by atoms with Crippen LogP contribution < -0.4 is 11.3 Å². The summed E-state index contributed by atoms with van der Waals surface area (Å²) in [5.41, 5.74) is 4.69. The number of rotatable bonds is 4.